The van der Waals surface area contributed by atoms with E-state index in [9.17, 15) is 9.59 Å². The largest absolute Gasteiger partial charge is 0.496 e. The van der Waals surface area contributed by atoms with Gasteiger partial charge in [-0.05, 0) is 23.8 Å². The van der Waals surface area contributed by atoms with Crippen molar-refractivity contribution in [2.24, 2.45) is 0 Å². The summed E-state index contributed by atoms with van der Waals surface area (Å²) in [5.74, 6) is 0.985. The minimum atomic E-state index is -0.351. The highest BCUT2D eigenvalue weighted by Gasteiger charge is 2.42. The molecule has 8 heteroatoms. The molecule has 1 fully saturated rings. The number of hydrogen-bond acceptors (Lipinski definition) is 7. The van der Waals surface area contributed by atoms with Crippen LogP contribution >= 0.6 is 0 Å². The highest BCUT2D eigenvalue weighted by Crippen LogP contribution is 2.37. The molecule has 2 aliphatic heterocycles. The van der Waals surface area contributed by atoms with E-state index in [4.69, 9.17) is 18.9 Å². The highest BCUT2D eigenvalue weighted by atomic mass is 16.5. The smallest absolute Gasteiger partial charge is 0.278 e. The molecular formula is C24H26N2O6. The second-order valence-electron chi connectivity index (χ2n) is 7.41. The molecule has 8 nitrogen and oxygen atoms in total. The van der Waals surface area contributed by atoms with Gasteiger partial charge in [-0.3, -0.25) is 14.5 Å². The Hall–Kier alpha value is -3.52. The number of para-hydroxylation sites is 1. The molecule has 0 radical (unpaired) electrons. The van der Waals surface area contributed by atoms with Crippen molar-refractivity contribution >= 4 is 17.4 Å². The molecule has 0 atom stereocenters. The lowest BCUT2D eigenvalue weighted by Crippen LogP contribution is -2.40. The molecule has 32 heavy (non-hydrogen) atoms. The van der Waals surface area contributed by atoms with Crippen molar-refractivity contribution in [2.75, 3.05) is 47.6 Å². The summed E-state index contributed by atoms with van der Waals surface area (Å²) in [7, 11) is 4.66. The molecule has 0 unspecified atom stereocenters. The van der Waals surface area contributed by atoms with E-state index in [0.717, 1.165) is 5.56 Å². The van der Waals surface area contributed by atoms with Gasteiger partial charge in [-0.15, -0.1) is 0 Å². The number of benzene rings is 2. The molecule has 0 saturated carbocycles. The van der Waals surface area contributed by atoms with Crippen LogP contribution in [0.2, 0.25) is 0 Å². The SMILES string of the molecule is COc1ccc(CN2C(=O)C(c3ccccc3OC)=C(N3CCOCC3)C2=O)cc1OC. The standard InChI is InChI=1S/C24H26N2O6/c1-29-18-7-5-4-6-17(18)21-22(25-10-12-32-13-11-25)24(28)26(23(21)27)15-16-8-9-19(30-2)20(14-16)31-3/h4-9,14H,10-13,15H2,1-3H3. The Bertz CT molecular complexity index is 1060. The normalized spacial score (nSPS) is 16.6. The maximum Gasteiger partial charge on any atom is 0.278 e. The molecule has 0 bridgehead atoms. The Labute approximate surface area is 186 Å². The minimum absolute atomic E-state index is 0.116. The fourth-order valence-corrected chi connectivity index (χ4v) is 4.04. The Balaban J connectivity index is 1.74. The van der Waals surface area contributed by atoms with Crippen molar-refractivity contribution in [1.82, 2.24) is 9.80 Å². The van der Waals surface area contributed by atoms with Gasteiger partial charge in [-0.1, -0.05) is 24.3 Å². The summed E-state index contributed by atoms with van der Waals surface area (Å²) in [6.07, 6.45) is 0. The van der Waals surface area contributed by atoms with Crippen LogP contribution in [0.4, 0.5) is 0 Å². The first kappa shape index (κ1) is 21.7. The lowest BCUT2D eigenvalue weighted by Gasteiger charge is -2.29. The predicted molar refractivity (Wildman–Crippen MR) is 117 cm³/mol. The van der Waals surface area contributed by atoms with Gasteiger partial charge in [0.2, 0.25) is 0 Å². The monoisotopic (exact) mass is 438 g/mol. The van der Waals surface area contributed by atoms with Crippen molar-refractivity contribution in [3.05, 3.63) is 59.3 Å². The molecule has 0 aromatic heterocycles. The number of ether oxygens (including phenoxy) is 4. The number of carbonyl (C=O) groups excluding carboxylic acids is 2. The highest BCUT2D eigenvalue weighted by molar-refractivity contribution is 6.35. The maximum atomic E-state index is 13.6. The Morgan fingerprint density at radius 1 is 0.844 bits per heavy atom. The maximum absolute atomic E-state index is 13.6. The van der Waals surface area contributed by atoms with Gasteiger partial charge in [0.05, 0.1) is 46.7 Å². The summed E-state index contributed by atoms with van der Waals surface area (Å²) in [4.78, 5) is 30.3. The molecule has 0 spiro atoms. The van der Waals surface area contributed by atoms with Crippen molar-refractivity contribution in [3.8, 4) is 17.2 Å². The Kier molecular flexibility index (Phi) is 6.32. The van der Waals surface area contributed by atoms with Gasteiger partial charge in [0.1, 0.15) is 11.4 Å². The van der Waals surface area contributed by atoms with E-state index in [1.54, 1.807) is 45.6 Å². The minimum Gasteiger partial charge on any atom is -0.496 e. The van der Waals surface area contributed by atoms with Gasteiger partial charge in [0, 0.05) is 18.7 Å². The number of amides is 2. The first-order valence-corrected chi connectivity index (χ1v) is 10.4. The fourth-order valence-electron chi connectivity index (χ4n) is 4.04. The predicted octanol–water partition coefficient (Wildman–Crippen LogP) is 2.32. The number of carbonyl (C=O) groups is 2. The van der Waals surface area contributed by atoms with Gasteiger partial charge < -0.3 is 23.8 Å². The molecule has 0 N–H and O–H groups in total. The van der Waals surface area contributed by atoms with Crippen molar-refractivity contribution < 1.29 is 28.5 Å². The van der Waals surface area contributed by atoms with Crippen molar-refractivity contribution in [1.29, 1.82) is 0 Å². The average molecular weight is 438 g/mol. The first-order valence-electron chi connectivity index (χ1n) is 10.4. The van der Waals surface area contributed by atoms with Gasteiger partial charge in [0.25, 0.3) is 11.8 Å². The molecule has 2 aromatic carbocycles. The van der Waals surface area contributed by atoms with Crippen molar-refractivity contribution in [2.45, 2.75) is 6.54 Å². The van der Waals surface area contributed by atoms with Crippen LogP contribution in [0.5, 0.6) is 17.2 Å². The van der Waals surface area contributed by atoms with Crippen LogP contribution < -0.4 is 14.2 Å². The molecule has 0 aliphatic carbocycles. The zero-order chi connectivity index (χ0) is 22.7. The fraction of sp³-hybridized carbons (Fsp3) is 0.333. The van der Waals surface area contributed by atoms with Crippen LogP contribution in [0.25, 0.3) is 5.57 Å². The lowest BCUT2D eigenvalue weighted by molar-refractivity contribution is -0.138. The van der Waals surface area contributed by atoms with Gasteiger partial charge >= 0.3 is 0 Å². The Morgan fingerprint density at radius 2 is 1.53 bits per heavy atom. The zero-order valence-corrected chi connectivity index (χ0v) is 18.4. The van der Waals surface area contributed by atoms with Gasteiger partial charge in [-0.2, -0.15) is 0 Å². The zero-order valence-electron chi connectivity index (χ0n) is 18.4. The topological polar surface area (TPSA) is 77.5 Å². The van der Waals surface area contributed by atoms with Crippen LogP contribution in [0.15, 0.2) is 48.2 Å². The molecule has 1 saturated heterocycles. The number of hydrogen-bond donors (Lipinski definition) is 0. The quantitative estimate of drug-likeness (QED) is 0.614. The summed E-state index contributed by atoms with van der Waals surface area (Å²) in [5.41, 5.74) is 2.11. The molecule has 2 aromatic rings. The van der Waals surface area contributed by atoms with Gasteiger partial charge in [0.15, 0.2) is 11.5 Å². The number of morpholine rings is 1. The summed E-state index contributed by atoms with van der Waals surface area (Å²) in [6, 6.07) is 12.6. The molecule has 2 amide bonds. The third-order valence-electron chi connectivity index (χ3n) is 5.64. The summed E-state index contributed by atoms with van der Waals surface area (Å²) in [5, 5.41) is 0. The van der Waals surface area contributed by atoms with Crippen molar-refractivity contribution in [3.63, 3.8) is 0 Å². The lowest BCUT2D eigenvalue weighted by atomic mass is 10.0. The third kappa shape index (κ3) is 3.89. The van der Waals surface area contributed by atoms with Crippen LogP contribution in [-0.2, 0) is 20.9 Å². The van der Waals surface area contributed by atoms with E-state index in [-0.39, 0.29) is 18.4 Å². The number of imide groups is 1. The number of methoxy groups -OCH3 is 3. The second kappa shape index (κ2) is 9.32. The first-order chi connectivity index (χ1) is 15.6. The number of nitrogens with zero attached hydrogens (tertiary/aromatic N) is 2. The van der Waals surface area contributed by atoms with E-state index in [2.05, 4.69) is 0 Å². The molecular weight excluding hydrogens is 412 g/mol. The average Bonchev–Trinajstić information content (AvgIpc) is 3.09. The second-order valence-corrected chi connectivity index (χ2v) is 7.41. The molecule has 168 valence electrons. The van der Waals surface area contributed by atoms with E-state index in [1.807, 2.05) is 23.1 Å². The van der Waals surface area contributed by atoms with Gasteiger partial charge in [-0.25, -0.2) is 0 Å². The van der Waals surface area contributed by atoms with E-state index in [1.165, 1.54) is 4.90 Å². The van der Waals surface area contributed by atoms with E-state index < -0.39 is 0 Å². The van der Waals surface area contributed by atoms with Crippen LogP contribution in [0, 0.1) is 0 Å². The van der Waals surface area contributed by atoms with Crippen LogP contribution in [-0.4, -0.2) is 69.2 Å². The van der Waals surface area contributed by atoms with Crippen LogP contribution in [0.3, 0.4) is 0 Å². The third-order valence-corrected chi connectivity index (χ3v) is 5.64. The van der Waals surface area contributed by atoms with Crippen LogP contribution in [0.1, 0.15) is 11.1 Å². The number of rotatable bonds is 7. The summed E-state index contributed by atoms with van der Waals surface area (Å²) < 4.78 is 21.6. The van der Waals surface area contributed by atoms with E-state index >= 15 is 0 Å². The molecule has 4 rings (SSSR count). The van der Waals surface area contributed by atoms with E-state index in [0.29, 0.717) is 60.4 Å². The summed E-state index contributed by atoms with van der Waals surface area (Å²) in [6.45, 7) is 2.19. The summed E-state index contributed by atoms with van der Waals surface area (Å²) >= 11 is 0. The Morgan fingerprint density at radius 3 is 2.22 bits per heavy atom. The molecule has 2 aliphatic rings. The molecule has 2 heterocycles.